The Balaban J connectivity index is 2.77. The first-order chi connectivity index (χ1) is 6.13. The fraction of sp³-hybridized carbons (Fsp3) is 0.300. The van der Waals surface area contributed by atoms with Gasteiger partial charge < -0.3 is 10.1 Å². The van der Waals surface area contributed by atoms with Gasteiger partial charge in [-0.05, 0) is 19.9 Å². The lowest BCUT2D eigenvalue weighted by Gasteiger charge is -2.19. The van der Waals surface area contributed by atoms with Gasteiger partial charge in [0.25, 0.3) is 5.91 Å². The highest BCUT2D eigenvalue weighted by atomic mass is 16.5. The predicted octanol–water partition coefficient (Wildman–Crippen LogP) is 1.50. The van der Waals surface area contributed by atoms with Crippen molar-refractivity contribution in [1.29, 1.82) is 0 Å². The van der Waals surface area contributed by atoms with E-state index >= 15 is 0 Å². The predicted molar refractivity (Wildman–Crippen MR) is 50.7 cm³/mol. The molecule has 1 saturated heterocycles. The van der Waals surface area contributed by atoms with Crippen LogP contribution in [0.5, 0.6) is 0 Å². The van der Waals surface area contributed by atoms with Gasteiger partial charge >= 0.3 is 0 Å². The molecule has 0 aliphatic carbocycles. The van der Waals surface area contributed by atoms with Crippen LogP contribution in [0.4, 0.5) is 0 Å². The molecule has 1 fully saturated rings. The molecule has 0 aromatic carbocycles. The summed E-state index contributed by atoms with van der Waals surface area (Å²) in [5.74, 6) is 0.482. The van der Waals surface area contributed by atoms with E-state index in [1.165, 1.54) is 0 Å². The summed E-state index contributed by atoms with van der Waals surface area (Å²) in [7, 11) is 0. The third kappa shape index (κ3) is 2.47. The van der Waals surface area contributed by atoms with Crippen LogP contribution >= 0.6 is 0 Å². The van der Waals surface area contributed by atoms with Crippen molar-refractivity contribution in [2.45, 2.75) is 13.8 Å². The SMILES string of the molecule is C=C1NC(=O)CO/C1=C/C(C)=C\C. The van der Waals surface area contributed by atoms with Crippen LogP contribution in [0.2, 0.25) is 0 Å². The van der Waals surface area contributed by atoms with Gasteiger partial charge in [0, 0.05) is 0 Å². The second-order valence-electron chi connectivity index (χ2n) is 2.86. The lowest BCUT2D eigenvalue weighted by molar-refractivity contribution is -0.125. The molecule has 0 aromatic rings. The van der Waals surface area contributed by atoms with Gasteiger partial charge in [0.2, 0.25) is 0 Å². The number of hydrogen-bond donors (Lipinski definition) is 1. The molecule has 0 aromatic heterocycles. The molecule has 0 bridgehead atoms. The number of allylic oxidation sites excluding steroid dienone is 3. The lowest BCUT2D eigenvalue weighted by Crippen LogP contribution is -2.33. The van der Waals surface area contributed by atoms with Gasteiger partial charge in [0.15, 0.2) is 6.61 Å². The number of hydrogen-bond acceptors (Lipinski definition) is 2. The van der Waals surface area contributed by atoms with Crippen molar-refractivity contribution in [3.63, 3.8) is 0 Å². The molecule has 0 radical (unpaired) electrons. The number of amides is 1. The molecule has 3 nitrogen and oxygen atoms in total. The summed E-state index contributed by atoms with van der Waals surface area (Å²) in [5, 5.41) is 2.60. The van der Waals surface area contributed by atoms with Crippen LogP contribution in [0, 0.1) is 0 Å². The topological polar surface area (TPSA) is 38.3 Å². The number of carbonyl (C=O) groups is 1. The molecule has 1 heterocycles. The highest BCUT2D eigenvalue weighted by Crippen LogP contribution is 2.13. The second-order valence-corrected chi connectivity index (χ2v) is 2.86. The van der Waals surface area contributed by atoms with Crippen molar-refractivity contribution in [1.82, 2.24) is 5.32 Å². The minimum atomic E-state index is -0.153. The standard InChI is InChI=1S/C10H13NO2/c1-4-7(2)5-9-8(3)11-10(12)6-13-9/h4-5H,3,6H2,1-2H3,(H,11,12)/b7-4-,9-5+. The molecule has 0 unspecified atom stereocenters. The van der Waals surface area contributed by atoms with Crippen molar-refractivity contribution >= 4 is 5.91 Å². The molecule has 1 rings (SSSR count). The normalized spacial score (nSPS) is 21.4. The zero-order valence-corrected chi connectivity index (χ0v) is 7.89. The van der Waals surface area contributed by atoms with Crippen LogP contribution in [-0.2, 0) is 9.53 Å². The Kier molecular flexibility index (Phi) is 2.90. The molecule has 70 valence electrons. The van der Waals surface area contributed by atoms with Gasteiger partial charge in [-0.2, -0.15) is 0 Å². The average Bonchev–Trinajstić information content (AvgIpc) is 2.09. The summed E-state index contributed by atoms with van der Waals surface area (Å²) in [6, 6.07) is 0. The molecule has 1 N–H and O–H groups in total. The maximum absolute atomic E-state index is 10.8. The van der Waals surface area contributed by atoms with Crippen molar-refractivity contribution in [2.75, 3.05) is 6.61 Å². The van der Waals surface area contributed by atoms with Crippen LogP contribution in [0.3, 0.4) is 0 Å². The van der Waals surface area contributed by atoms with Crippen LogP contribution in [0.15, 0.2) is 35.8 Å². The van der Waals surface area contributed by atoms with Gasteiger partial charge in [-0.1, -0.05) is 18.2 Å². The Bertz CT molecular complexity index is 300. The fourth-order valence-electron chi connectivity index (χ4n) is 0.915. The van der Waals surface area contributed by atoms with Crippen LogP contribution in [-0.4, -0.2) is 12.5 Å². The van der Waals surface area contributed by atoms with Crippen molar-refractivity contribution in [2.24, 2.45) is 0 Å². The van der Waals surface area contributed by atoms with E-state index in [0.717, 1.165) is 5.57 Å². The zero-order chi connectivity index (χ0) is 9.84. The van der Waals surface area contributed by atoms with Gasteiger partial charge in [-0.3, -0.25) is 4.79 Å². The fourth-order valence-corrected chi connectivity index (χ4v) is 0.915. The molecule has 0 saturated carbocycles. The van der Waals surface area contributed by atoms with Crippen LogP contribution in [0.25, 0.3) is 0 Å². The molecule has 0 spiro atoms. The van der Waals surface area contributed by atoms with Gasteiger partial charge in [0.1, 0.15) is 5.76 Å². The zero-order valence-electron chi connectivity index (χ0n) is 7.89. The van der Waals surface area contributed by atoms with E-state index < -0.39 is 0 Å². The first kappa shape index (κ1) is 9.58. The van der Waals surface area contributed by atoms with E-state index in [1.54, 1.807) is 0 Å². The molecule has 1 aliphatic heterocycles. The first-order valence-electron chi connectivity index (χ1n) is 4.10. The summed E-state index contributed by atoms with van der Waals surface area (Å²) in [5.41, 5.74) is 1.60. The number of nitrogens with one attached hydrogen (secondary N) is 1. The molecule has 1 aliphatic rings. The molecule has 3 heteroatoms. The minimum Gasteiger partial charge on any atom is -0.482 e. The van der Waals surface area contributed by atoms with Crippen molar-refractivity contribution in [3.05, 3.63) is 35.8 Å². The quantitative estimate of drug-likeness (QED) is 0.662. The summed E-state index contributed by atoms with van der Waals surface area (Å²) in [4.78, 5) is 10.8. The van der Waals surface area contributed by atoms with E-state index in [9.17, 15) is 4.79 Å². The highest BCUT2D eigenvalue weighted by molar-refractivity contribution is 5.81. The average molecular weight is 179 g/mol. The number of rotatable bonds is 1. The van der Waals surface area contributed by atoms with Gasteiger partial charge in [0.05, 0.1) is 5.70 Å². The van der Waals surface area contributed by atoms with Gasteiger partial charge in [-0.25, -0.2) is 0 Å². The van der Waals surface area contributed by atoms with E-state index in [1.807, 2.05) is 26.0 Å². The molecule has 1 amide bonds. The summed E-state index contributed by atoms with van der Waals surface area (Å²) in [6.07, 6.45) is 3.81. The highest BCUT2D eigenvalue weighted by Gasteiger charge is 2.15. The molecule has 13 heavy (non-hydrogen) atoms. The monoisotopic (exact) mass is 179 g/mol. The van der Waals surface area contributed by atoms with Crippen molar-refractivity contribution in [3.8, 4) is 0 Å². The smallest absolute Gasteiger partial charge is 0.262 e. The third-order valence-corrected chi connectivity index (χ3v) is 1.76. The first-order valence-corrected chi connectivity index (χ1v) is 4.10. The Morgan fingerprint density at radius 1 is 1.69 bits per heavy atom. The second kappa shape index (κ2) is 3.94. The molecular weight excluding hydrogens is 166 g/mol. The number of ether oxygens (including phenoxy) is 1. The van der Waals surface area contributed by atoms with Crippen molar-refractivity contribution < 1.29 is 9.53 Å². The molecular formula is C10H13NO2. The van der Waals surface area contributed by atoms with Crippen LogP contribution in [0.1, 0.15) is 13.8 Å². The Labute approximate surface area is 77.8 Å². The summed E-state index contributed by atoms with van der Waals surface area (Å²) >= 11 is 0. The number of carbonyl (C=O) groups excluding carboxylic acids is 1. The lowest BCUT2D eigenvalue weighted by atomic mass is 10.2. The molecule has 0 atom stereocenters. The van der Waals surface area contributed by atoms with Crippen LogP contribution < -0.4 is 5.32 Å². The minimum absolute atomic E-state index is 0.0713. The third-order valence-electron chi connectivity index (χ3n) is 1.76. The van der Waals surface area contributed by atoms with E-state index in [-0.39, 0.29) is 12.5 Å². The Morgan fingerprint density at radius 3 is 2.92 bits per heavy atom. The summed E-state index contributed by atoms with van der Waals surface area (Å²) < 4.78 is 5.18. The largest absolute Gasteiger partial charge is 0.482 e. The van der Waals surface area contributed by atoms with Gasteiger partial charge in [-0.15, -0.1) is 0 Å². The van der Waals surface area contributed by atoms with E-state index in [4.69, 9.17) is 4.74 Å². The van der Waals surface area contributed by atoms with E-state index in [0.29, 0.717) is 11.5 Å². The maximum atomic E-state index is 10.8. The Hall–Kier alpha value is -1.51. The maximum Gasteiger partial charge on any atom is 0.262 e. The summed E-state index contributed by atoms with van der Waals surface area (Å²) in [6.45, 7) is 7.65. The Morgan fingerprint density at radius 2 is 2.38 bits per heavy atom. The van der Waals surface area contributed by atoms with E-state index in [2.05, 4.69) is 11.9 Å². The number of morpholine rings is 1.